The first-order chi connectivity index (χ1) is 14.6. The summed E-state index contributed by atoms with van der Waals surface area (Å²) in [6.07, 6.45) is 1.40. The Bertz CT molecular complexity index is 1040. The smallest absolute Gasteiger partial charge is 0.262 e. The fraction of sp³-hybridized carbons (Fsp3) is 0.381. The van der Waals surface area contributed by atoms with Crippen LogP contribution >= 0.6 is 0 Å². The van der Waals surface area contributed by atoms with Gasteiger partial charge in [0.25, 0.3) is 5.56 Å². The molecule has 3 aromatic rings. The van der Waals surface area contributed by atoms with Gasteiger partial charge in [0.15, 0.2) is 0 Å². The normalized spacial score (nSPS) is 14.8. The zero-order valence-electron chi connectivity index (χ0n) is 17.2. The predicted molar refractivity (Wildman–Crippen MR) is 121 cm³/mol. The van der Waals surface area contributed by atoms with Crippen molar-refractivity contribution in [3.63, 3.8) is 0 Å². The Hall–Kier alpha value is -3.17. The number of H-pyrrole nitrogens is 1. The van der Waals surface area contributed by atoms with Crippen LogP contribution in [0.4, 0.5) is 17.3 Å². The van der Waals surface area contributed by atoms with Gasteiger partial charge in [0.05, 0.1) is 11.8 Å². The highest BCUT2D eigenvalue weighted by Crippen LogP contribution is 2.22. The van der Waals surface area contributed by atoms with Gasteiger partial charge in [-0.2, -0.15) is 0 Å². The molecule has 0 atom stereocenters. The standard InChI is InChI=1S/C21H28N8O/c1-28-8-10-29(11-9-28)16-4-2-15(3-5-16)13-24-20-19-17(25-14-26-21(19)30)12-18(27-20)23-7-6-22/h2-5,12,14H,6-11,13,22H2,1H3,(H2,23,24,27)(H,25,26,30). The number of fused-ring (bicyclic) bond motifs is 1. The first kappa shape index (κ1) is 20.1. The first-order valence-corrected chi connectivity index (χ1v) is 10.2. The van der Waals surface area contributed by atoms with E-state index in [-0.39, 0.29) is 5.56 Å². The Morgan fingerprint density at radius 1 is 1.13 bits per heavy atom. The van der Waals surface area contributed by atoms with Crippen molar-refractivity contribution in [3.8, 4) is 0 Å². The Kier molecular flexibility index (Phi) is 6.10. The molecule has 1 saturated heterocycles. The number of hydrogen-bond donors (Lipinski definition) is 4. The van der Waals surface area contributed by atoms with Gasteiger partial charge in [-0.3, -0.25) is 4.79 Å². The van der Waals surface area contributed by atoms with Crippen LogP contribution in [0.2, 0.25) is 0 Å². The van der Waals surface area contributed by atoms with Crippen molar-refractivity contribution < 1.29 is 0 Å². The largest absolute Gasteiger partial charge is 0.369 e. The van der Waals surface area contributed by atoms with Crippen molar-refractivity contribution >= 4 is 28.2 Å². The van der Waals surface area contributed by atoms with E-state index in [1.807, 2.05) is 0 Å². The minimum absolute atomic E-state index is 0.217. The summed E-state index contributed by atoms with van der Waals surface area (Å²) < 4.78 is 0. The van der Waals surface area contributed by atoms with Crippen molar-refractivity contribution in [2.45, 2.75) is 6.54 Å². The quantitative estimate of drug-likeness (QED) is 0.459. The van der Waals surface area contributed by atoms with Crippen LogP contribution < -0.4 is 26.8 Å². The third-order valence-corrected chi connectivity index (χ3v) is 5.34. The molecule has 158 valence electrons. The van der Waals surface area contributed by atoms with Gasteiger partial charge >= 0.3 is 0 Å². The van der Waals surface area contributed by atoms with Crippen LogP contribution in [0.3, 0.4) is 0 Å². The molecule has 0 radical (unpaired) electrons. The highest BCUT2D eigenvalue weighted by atomic mass is 16.1. The molecule has 0 amide bonds. The highest BCUT2D eigenvalue weighted by molar-refractivity contribution is 5.90. The maximum atomic E-state index is 12.4. The summed E-state index contributed by atoms with van der Waals surface area (Å²) in [5.74, 6) is 1.14. The molecule has 0 aliphatic carbocycles. The summed E-state index contributed by atoms with van der Waals surface area (Å²) in [5.41, 5.74) is 8.30. The monoisotopic (exact) mass is 408 g/mol. The van der Waals surface area contributed by atoms with E-state index < -0.39 is 0 Å². The van der Waals surface area contributed by atoms with E-state index in [0.29, 0.717) is 42.2 Å². The van der Waals surface area contributed by atoms with Crippen LogP contribution in [0.1, 0.15) is 5.56 Å². The molecule has 0 bridgehead atoms. The van der Waals surface area contributed by atoms with E-state index in [1.54, 1.807) is 6.07 Å². The number of benzene rings is 1. The number of nitrogens with zero attached hydrogens (tertiary/aromatic N) is 4. The zero-order chi connectivity index (χ0) is 20.9. The van der Waals surface area contributed by atoms with Gasteiger partial charge in [-0.1, -0.05) is 12.1 Å². The lowest BCUT2D eigenvalue weighted by atomic mass is 10.1. The minimum Gasteiger partial charge on any atom is -0.369 e. The minimum atomic E-state index is -0.217. The summed E-state index contributed by atoms with van der Waals surface area (Å²) in [7, 11) is 2.16. The molecular weight excluding hydrogens is 380 g/mol. The van der Waals surface area contributed by atoms with Crippen LogP contribution in [-0.2, 0) is 6.54 Å². The van der Waals surface area contributed by atoms with Crippen molar-refractivity contribution in [1.29, 1.82) is 0 Å². The number of likely N-dealkylation sites (N-methyl/N-ethyl adjacent to an activating group) is 1. The molecule has 1 aliphatic rings. The highest BCUT2D eigenvalue weighted by Gasteiger charge is 2.14. The van der Waals surface area contributed by atoms with Gasteiger partial charge in [0.2, 0.25) is 0 Å². The summed E-state index contributed by atoms with van der Waals surface area (Å²) >= 11 is 0. The maximum Gasteiger partial charge on any atom is 0.262 e. The van der Waals surface area contributed by atoms with Crippen LogP contribution in [-0.4, -0.2) is 66.2 Å². The second-order valence-electron chi connectivity index (χ2n) is 7.51. The van der Waals surface area contributed by atoms with E-state index in [9.17, 15) is 4.79 Å². The number of piperazine rings is 1. The molecule has 2 aromatic heterocycles. The number of hydrogen-bond acceptors (Lipinski definition) is 8. The fourth-order valence-corrected chi connectivity index (χ4v) is 3.58. The van der Waals surface area contributed by atoms with Gasteiger partial charge in [0, 0.05) is 57.6 Å². The van der Waals surface area contributed by atoms with Crippen LogP contribution in [0.5, 0.6) is 0 Å². The van der Waals surface area contributed by atoms with Gasteiger partial charge < -0.3 is 31.2 Å². The lowest BCUT2D eigenvalue weighted by Crippen LogP contribution is -2.44. The van der Waals surface area contributed by atoms with Gasteiger partial charge in [-0.15, -0.1) is 0 Å². The van der Waals surface area contributed by atoms with Crippen LogP contribution in [0, 0.1) is 0 Å². The SMILES string of the molecule is CN1CCN(c2ccc(CNc3nc(NCCN)cc4nc[nH]c(=O)c34)cc2)CC1. The van der Waals surface area contributed by atoms with Crippen molar-refractivity contribution in [2.75, 3.05) is 61.8 Å². The average molecular weight is 409 g/mol. The zero-order valence-corrected chi connectivity index (χ0v) is 17.2. The molecule has 3 heterocycles. The average Bonchev–Trinajstić information content (AvgIpc) is 2.77. The van der Waals surface area contributed by atoms with E-state index >= 15 is 0 Å². The Labute approximate surface area is 175 Å². The lowest BCUT2D eigenvalue weighted by Gasteiger charge is -2.34. The number of aromatic amines is 1. The summed E-state index contributed by atoms with van der Waals surface area (Å²) in [5, 5.41) is 6.91. The Morgan fingerprint density at radius 3 is 2.63 bits per heavy atom. The number of pyridine rings is 1. The van der Waals surface area contributed by atoms with Gasteiger partial charge in [0.1, 0.15) is 17.0 Å². The molecule has 1 aliphatic heterocycles. The van der Waals surface area contributed by atoms with E-state index in [4.69, 9.17) is 5.73 Å². The number of aromatic nitrogens is 3. The summed E-state index contributed by atoms with van der Waals surface area (Å²) in [4.78, 5) is 28.6. The molecule has 9 heteroatoms. The van der Waals surface area contributed by atoms with Crippen molar-refractivity contribution in [1.82, 2.24) is 19.9 Å². The molecular formula is C21H28N8O. The fourth-order valence-electron chi connectivity index (χ4n) is 3.58. The number of rotatable bonds is 7. The molecule has 9 nitrogen and oxygen atoms in total. The van der Waals surface area contributed by atoms with E-state index in [2.05, 4.69) is 66.7 Å². The predicted octanol–water partition coefficient (Wildman–Crippen LogP) is 1.05. The van der Waals surface area contributed by atoms with E-state index in [0.717, 1.165) is 31.7 Å². The third-order valence-electron chi connectivity index (χ3n) is 5.34. The molecule has 0 unspecified atom stereocenters. The van der Waals surface area contributed by atoms with Gasteiger partial charge in [-0.05, 0) is 24.7 Å². The summed E-state index contributed by atoms with van der Waals surface area (Å²) in [6, 6.07) is 10.3. The maximum absolute atomic E-state index is 12.4. The molecule has 1 aromatic carbocycles. The Morgan fingerprint density at radius 2 is 1.90 bits per heavy atom. The topological polar surface area (TPSA) is 115 Å². The summed E-state index contributed by atoms with van der Waals surface area (Å²) in [6.45, 7) is 5.89. The Balaban J connectivity index is 1.50. The molecule has 0 spiro atoms. The van der Waals surface area contributed by atoms with E-state index in [1.165, 1.54) is 12.0 Å². The van der Waals surface area contributed by atoms with Crippen molar-refractivity contribution in [3.05, 3.63) is 52.6 Å². The number of nitrogens with two attached hydrogens (primary N) is 1. The number of nitrogens with one attached hydrogen (secondary N) is 3. The second-order valence-corrected chi connectivity index (χ2v) is 7.51. The number of anilines is 3. The molecule has 1 fully saturated rings. The third kappa shape index (κ3) is 4.52. The van der Waals surface area contributed by atoms with Gasteiger partial charge in [-0.25, -0.2) is 9.97 Å². The second kappa shape index (κ2) is 9.10. The van der Waals surface area contributed by atoms with Crippen molar-refractivity contribution in [2.24, 2.45) is 5.73 Å². The molecule has 4 rings (SSSR count). The lowest BCUT2D eigenvalue weighted by molar-refractivity contribution is 0.313. The molecule has 0 saturated carbocycles. The van der Waals surface area contributed by atoms with Crippen LogP contribution in [0.25, 0.3) is 10.9 Å². The molecule has 5 N–H and O–H groups in total. The molecule has 30 heavy (non-hydrogen) atoms. The van der Waals surface area contributed by atoms with Crippen LogP contribution in [0.15, 0.2) is 41.5 Å². The first-order valence-electron chi connectivity index (χ1n) is 10.2.